The van der Waals surface area contributed by atoms with Crippen molar-refractivity contribution in [3.8, 4) is 0 Å². The molecule has 0 radical (unpaired) electrons. The van der Waals surface area contributed by atoms with Crippen LogP contribution < -0.4 is 10.6 Å². The third-order valence-electron chi connectivity index (χ3n) is 2.95. The molecule has 0 unspecified atom stereocenters. The van der Waals surface area contributed by atoms with Gasteiger partial charge in [0.1, 0.15) is 0 Å². The number of nitrogens with one attached hydrogen (secondary N) is 2. The van der Waals surface area contributed by atoms with Crippen molar-refractivity contribution in [3.05, 3.63) is 0 Å². The van der Waals surface area contributed by atoms with E-state index < -0.39 is 0 Å². The number of aliphatic hydroxyl groups excluding tert-OH is 1. The first-order valence-electron chi connectivity index (χ1n) is 5.46. The van der Waals surface area contributed by atoms with E-state index in [9.17, 15) is 4.79 Å². The van der Waals surface area contributed by atoms with E-state index in [1.54, 1.807) is 0 Å². The highest BCUT2D eigenvalue weighted by Crippen LogP contribution is 2.44. The van der Waals surface area contributed by atoms with Crippen molar-refractivity contribution in [1.82, 2.24) is 10.6 Å². The summed E-state index contributed by atoms with van der Waals surface area (Å²) >= 11 is 0. The maximum Gasteiger partial charge on any atom is 0.315 e. The minimum atomic E-state index is -0.122. The zero-order valence-corrected chi connectivity index (χ0v) is 8.33. The summed E-state index contributed by atoms with van der Waals surface area (Å²) in [5.74, 6) is 1.45. The Hall–Kier alpha value is -0.770. The lowest BCUT2D eigenvalue weighted by atomic mass is 10.1. The number of hydrogen-bond acceptors (Lipinski definition) is 2. The fourth-order valence-corrected chi connectivity index (χ4v) is 1.90. The number of urea groups is 1. The Morgan fingerprint density at radius 3 is 2.29 bits per heavy atom. The fraction of sp³-hybridized carbons (Fsp3) is 0.900. The van der Waals surface area contributed by atoms with E-state index in [2.05, 4.69) is 10.6 Å². The van der Waals surface area contributed by atoms with Crippen LogP contribution in [0, 0.1) is 11.8 Å². The van der Waals surface area contributed by atoms with Gasteiger partial charge in [0.15, 0.2) is 0 Å². The SMILES string of the molecule is O=C(NCCO)NC(C1CC1)C1CC1. The van der Waals surface area contributed by atoms with E-state index >= 15 is 0 Å². The van der Waals surface area contributed by atoms with Gasteiger partial charge in [-0.15, -0.1) is 0 Å². The van der Waals surface area contributed by atoms with Crippen LogP contribution in [-0.2, 0) is 0 Å². The van der Waals surface area contributed by atoms with Crippen LogP contribution in [0.1, 0.15) is 25.7 Å². The highest BCUT2D eigenvalue weighted by molar-refractivity contribution is 5.74. The summed E-state index contributed by atoms with van der Waals surface area (Å²) in [6.07, 6.45) is 5.06. The van der Waals surface area contributed by atoms with Crippen LogP contribution in [0.2, 0.25) is 0 Å². The highest BCUT2D eigenvalue weighted by Gasteiger charge is 2.42. The predicted molar refractivity (Wildman–Crippen MR) is 52.9 cm³/mol. The van der Waals surface area contributed by atoms with E-state index in [-0.39, 0.29) is 12.6 Å². The molecule has 2 fully saturated rings. The Morgan fingerprint density at radius 2 is 1.86 bits per heavy atom. The molecule has 0 heterocycles. The molecular weight excluding hydrogens is 180 g/mol. The van der Waals surface area contributed by atoms with Crippen molar-refractivity contribution in [3.63, 3.8) is 0 Å². The number of aliphatic hydroxyl groups is 1. The Balaban J connectivity index is 1.72. The molecule has 2 aliphatic rings. The summed E-state index contributed by atoms with van der Waals surface area (Å²) in [5, 5.41) is 14.2. The molecule has 0 aromatic carbocycles. The molecule has 14 heavy (non-hydrogen) atoms. The number of amides is 2. The van der Waals surface area contributed by atoms with Crippen molar-refractivity contribution < 1.29 is 9.90 Å². The molecule has 2 rings (SSSR count). The van der Waals surface area contributed by atoms with E-state index in [0.717, 1.165) is 11.8 Å². The molecule has 0 bridgehead atoms. The molecule has 80 valence electrons. The molecule has 0 saturated heterocycles. The van der Waals surface area contributed by atoms with Gasteiger partial charge in [0, 0.05) is 12.6 Å². The van der Waals surface area contributed by atoms with Crippen molar-refractivity contribution in [2.75, 3.05) is 13.2 Å². The van der Waals surface area contributed by atoms with Gasteiger partial charge in [-0.05, 0) is 37.5 Å². The first-order valence-corrected chi connectivity index (χ1v) is 5.46. The standard InChI is InChI=1S/C10H18N2O2/c13-6-5-11-10(14)12-9(7-1-2-7)8-3-4-8/h7-9,13H,1-6H2,(H2,11,12,14). The van der Waals surface area contributed by atoms with E-state index in [0.29, 0.717) is 12.6 Å². The average molecular weight is 198 g/mol. The lowest BCUT2D eigenvalue weighted by Crippen LogP contribution is -2.45. The number of rotatable bonds is 5. The number of hydrogen-bond donors (Lipinski definition) is 3. The average Bonchev–Trinajstić information content (AvgIpc) is 3.04. The molecule has 4 nitrogen and oxygen atoms in total. The predicted octanol–water partition coefficient (Wildman–Crippen LogP) is 0.466. The van der Waals surface area contributed by atoms with Gasteiger partial charge < -0.3 is 15.7 Å². The quantitative estimate of drug-likeness (QED) is 0.601. The fourth-order valence-electron chi connectivity index (χ4n) is 1.90. The Morgan fingerprint density at radius 1 is 1.29 bits per heavy atom. The zero-order valence-electron chi connectivity index (χ0n) is 8.33. The zero-order chi connectivity index (χ0) is 9.97. The summed E-state index contributed by atoms with van der Waals surface area (Å²) in [7, 11) is 0. The maximum absolute atomic E-state index is 11.3. The first kappa shape index (κ1) is 9.77. The molecule has 2 saturated carbocycles. The third kappa shape index (κ3) is 2.61. The minimum absolute atomic E-state index is 0.00490. The van der Waals surface area contributed by atoms with Crippen LogP contribution in [0.15, 0.2) is 0 Å². The summed E-state index contributed by atoms with van der Waals surface area (Å²) in [5.41, 5.74) is 0. The van der Waals surface area contributed by atoms with Gasteiger partial charge in [-0.3, -0.25) is 0 Å². The molecule has 3 N–H and O–H groups in total. The molecule has 2 amide bonds. The summed E-state index contributed by atoms with van der Waals surface area (Å²) < 4.78 is 0. The first-order chi connectivity index (χ1) is 6.81. The monoisotopic (exact) mass is 198 g/mol. The van der Waals surface area contributed by atoms with Gasteiger partial charge in [-0.25, -0.2) is 4.79 Å². The van der Waals surface area contributed by atoms with E-state index in [1.165, 1.54) is 25.7 Å². The van der Waals surface area contributed by atoms with Crippen LogP contribution in [0.25, 0.3) is 0 Å². The minimum Gasteiger partial charge on any atom is -0.395 e. The molecule has 0 aliphatic heterocycles. The van der Waals surface area contributed by atoms with Gasteiger partial charge in [-0.1, -0.05) is 0 Å². The van der Waals surface area contributed by atoms with Gasteiger partial charge in [0.05, 0.1) is 6.61 Å². The summed E-state index contributed by atoms with van der Waals surface area (Å²) in [6, 6.07) is 0.275. The largest absolute Gasteiger partial charge is 0.395 e. The van der Waals surface area contributed by atoms with Gasteiger partial charge >= 0.3 is 6.03 Å². The van der Waals surface area contributed by atoms with Crippen LogP contribution in [0.3, 0.4) is 0 Å². The molecule has 2 aliphatic carbocycles. The van der Waals surface area contributed by atoms with Crippen molar-refractivity contribution >= 4 is 6.03 Å². The Labute approximate surface area is 84.1 Å². The molecule has 4 heteroatoms. The van der Waals surface area contributed by atoms with Crippen LogP contribution in [0.5, 0.6) is 0 Å². The Kier molecular flexibility index (Phi) is 2.91. The van der Waals surface area contributed by atoms with Crippen molar-refractivity contribution in [2.24, 2.45) is 11.8 Å². The van der Waals surface area contributed by atoms with Crippen molar-refractivity contribution in [1.29, 1.82) is 0 Å². The highest BCUT2D eigenvalue weighted by atomic mass is 16.3. The topological polar surface area (TPSA) is 61.4 Å². The molecule has 0 aromatic rings. The van der Waals surface area contributed by atoms with Crippen LogP contribution in [0.4, 0.5) is 4.79 Å². The van der Waals surface area contributed by atoms with Crippen LogP contribution in [-0.4, -0.2) is 30.3 Å². The second kappa shape index (κ2) is 4.17. The van der Waals surface area contributed by atoms with E-state index in [4.69, 9.17) is 5.11 Å². The van der Waals surface area contributed by atoms with Gasteiger partial charge in [0.25, 0.3) is 0 Å². The molecular formula is C10H18N2O2. The smallest absolute Gasteiger partial charge is 0.315 e. The molecule has 0 spiro atoms. The normalized spacial score (nSPS) is 21.0. The Bertz CT molecular complexity index is 200. The third-order valence-corrected chi connectivity index (χ3v) is 2.95. The van der Waals surface area contributed by atoms with Crippen molar-refractivity contribution in [2.45, 2.75) is 31.7 Å². The lowest BCUT2D eigenvalue weighted by molar-refractivity contribution is 0.227. The number of carbonyl (C=O) groups is 1. The maximum atomic E-state index is 11.3. The molecule has 0 atom stereocenters. The lowest BCUT2D eigenvalue weighted by Gasteiger charge is -2.17. The summed E-state index contributed by atoms with van der Waals surface area (Å²) in [6.45, 7) is 0.346. The van der Waals surface area contributed by atoms with Crippen LogP contribution >= 0.6 is 0 Å². The van der Waals surface area contributed by atoms with Gasteiger partial charge in [-0.2, -0.15) is 0 Å². The number of carbonyl (C=O) groups excluding carboxylic acids is 1. The second-order valence-corrected chi connectivity index (χ2v) is 4.32. The van der Waals surface area contributed by atoms with Gasteiger partial charge in [0.2, 0.25) is 0 Å². The second-order valence-electron chi connectivity index (χ2n) is 4.32. The molecule has 0 aromatic heterocycles. The van der Waals surface area contributed by atoms with E-state index in [1.807, 2.05) is 0 Å². The summed E-state index contributed by atoms with van der Waals surface area (Å²) in [4.78, 5) is 11.3.